The van der Waals surface area contributed by atoms with Crippen molar-refractivity contribution in [1.82, 2.24) is 0 Å². The van der Waals surface area contributed by atoms with Gasteiger partial charge in [0.1, 0.15) is 5.82 Å². The summed E-state index contributed by atoms with van der Waals surface area (Å²) in [4.78, 5) is 12.1. The van der Waals surface area contributed by atoms with Crippen molar-refractivity contribution in [2.45, 2.75) is 13.0 Å². The van der Waals surface area contributed by atoms with Crippen LogP contribution in [0.4, 0.5) is 4.39 Å². The van der Waals surface area contributed by atoms with Crippen LogP contribution in [-0.4, -0.2) is 5.78 Å². The molecule has 2 aromatic rings. The lowest BCUT2D eigenvalue weighted by molar-refractivity contribution is 0.0993. The molecule has 0 fully saturated rings. The Hall–Kier alpha value is -1.52. The van der Waals surface area contributed by atoms with E-state index in [2.05, 4.69) is 15.9 Å². The number of benzene rings is 2. The lowest BCUT2D eigenvalue weighted by Gasteiger charge is -2.05. The normalized spacial score (nSPS) is 10.5. The Kier molecular flexibility index (Phi) is 4.45. The van der Waals surface area contributed by atoms with E-state index in [9.17, 15) is 9.18 Å². The standard InChI is InChI=1S/C15H13BrFNO/c16-14-6-5-13(17)7-12(14)8-15(19)11-3-1-10(9-18)2-4-11/h1-7H,8-9,18H2. The Morgan fingerprint density at radius 1 is 1.16 bits per heavy atom. The summed E-state index contributed by atoms with van der Waals surface area (Å²) in [5.74, 6) is -0.389. The van der Waals surface area contributed by atoms with E-state index < -0.39 is 0 Å². The first-order valence-corrected chi connectivity index (χ1v) is 6.65. The second kappa shape index (κ2) is 6.08. The van der Waals surface area contributed by atoms with Crippen LogP contribution in [0.15, 0.2) is 46.9 Å². The molecule has 0 aliphatic carbocycles. The summed E-state index contributed by atoms with van der Waals surface area (Å²) in [6, 6.07) is 11.5. The van der Waals surface area contributed by atoms with Crippen molar-refractivity contribution in [1.29, 1.82) is 0 Å². The smallest absolute Gasteiger partial charge is 0.167 e. The van der Waals surface area contributed by atoms with Crippen molar-refractivity contribution in [3.05, 3.63) is 69.4 Å². The number of ketones is 1. The molecule has 0 aliphatic heterocycles. The lowest BCUT2D eigenvalue weighted by atomic mass is 10.0. The van der Waals surface area contributed by atoms with Gasteiger partial charge in [-0.15, -0.1) is 0 Å². The summed E-state index contributed by atoms with van der Waals surface area (Å²) in [5, 5.41) is 0. The number of halogens is 2. The second-order valence-electron chi connectivity index (χ2n) is 4.24. The first-order valence-electron chi connectivity index (χ1n) is 5.86. The van der Waals surface area contributed by atoms with E-state index in [0.29, 0.717) is 17.7 Å². The quantitative estimate of drug-likeness (QED) is 0.876. The van der Waals surface area contributed by atoms with E-state index in [4.69, 9.17) is 5.73 Å². The van der Waals surface area contributed by atoms with Crippen molar-refractivity contribution in [2.75, 3.05) is 0 Å². The summed E-state index contributed by atoms with van der Waals surface area (Å²) < 4.78 is 13.9. The minimum absolute atomic E-state index is 0.0464. The largest absolute Gasteiger partial charge is 0.326 e. The molecule has 2 nitrogen and oxygen atoms in total. The van der Waals surface area contributed by atoms with E-state index in [0.717, 1.165) is 10.0 Å². The maximum absolute atomic E-state index is 13.2. The van der Waals surface area contributed by atoms with Gasteiger partial charge in [-0.3, -0.25) is 4.79 Å². The third kappa shape index (κ3) is 3.49. The van der Waals surface area contributed by atoms with Crippen LogP contribution in [0.2, 0.25) is 0 Å². The van der Waals surface area contributed by atoms with Gasteiger partial charge in [0, 0.05) is 23.0 Å². The van der Waals surface area contributed by atoms with Gasteiger partial charge in [-0.25, -0.2) is 4.39 Å². The average molecular weight is 322 g/mol. The molecule has 0 atom stereocenters. The van der Waals surface area contributed by atoms with Crippen molar-refractivity contribution >= 4 is 21.7 Å². The fourth-order valence-electron chi connectivity index (χ4n) is 1.78. The molecule has 0 radical (unpaired) electrons. The Morgan fingerprint density at radius 2 is 1.84 bits per heavy atom. The predicted molar refractivity (Wildman–Crippen MR) is 76.5 cm³/mol. The summed E-state index contributed by atoms with van der Waals surface area (Å²) in [5.41, 5.74) is 7.73. The molecule has 19 heavy (non-hydrogen) atoms. The molecule has 0 heterocycles. The number of rotatable bonds is 4. The Balaban J connectivity index is 2.18. The second-order valence-corrected chi connectivity index (χ2v) is 5.09. The highest BCUT2D eigenvalue weighted by molar-refractivity contribution is 9.10. The van der Waals surface area contributed by atoms with E-state index in [1.165, 1.54) is 12.1 Å². The molecule has 0 saturated carbocycles. The molecule has 0 spiro atoms. The van der Waals surface area contributed by atoms with Gasteiger partial charge in [-0.05, 0) is 29.3 Å². The third-order valence-electron chi connectivity index (χ3n) is 2.87. The number of carbonyl (C=O) groups excluding carboxylic acids is 1. The van der Waals surface area contributed by atoms with Gasteiger partial charge in [0.25, 0.3) is 0 Å². The Bertz CT molecular complexity index is 596. The predicted octanol–water partition coefficient (Wildman–Crippen LogP) is 3.47. The first kappa shape index (κ1) is 13.9. The molecule has 2 rings (SSSR count). The van der Waals surface area contributed by atoms with Crippen molar-refractivity contribution < 1.29 is 9.18 Å². The molecule has 0 aliphatic rings. The molecular weight excluding hydrogens is 309 g/mol. The molecule has 4 heteroatoms. The Morgan fingerprint density at radius 3 is 2.47 bits per heavy atom. The number of nitrogens with two attached hydrogens (primary N) is 1. The SMILES string of the molecule is NCc1ccc(C(=O)Cc2cc(F)ccc2Br)cc1. The van der Waals surface area contributed by atoms with Gasteiger partial charge in [0.15, 0.2) is 5.78 Å². The Labute approximate surface area is 119 Å². The van der Waals surface area contributed by atoms with Crippen LogP contribution in [0.3, 0.4) is 0 Å². The summed E-state index contributed by atoms with van der Waals surface area (Å²) in [7, 11) is 0. The zero-order chi connectivity index (χ0) is 13.8. The summed E-state index contributed by atoms with van der Waals surface area (Å²) >= 11 is 3.32. The van der Waals surface area contributed by atoms with E-state index in [1.807, 2.05) is 12.1 Å². The van der Waals surface area contributed by atoms with Gasteiger partial charge in [0.05, 0.1) is 0 Å². The van der Waals surface area contributed by atoms with E-state index in [-0.39, 0.29) is 18.0 Å². The van der Waals surface area contributed by atoms with Gasteiger partial charge in [0.2, 0.25) is 0 Å². The minimum Gasteiger partial charge on any atom is -0.326 e. The van der Waals surface area contributed by atoms with E-state index >= 15 is 0 Å². The molecule has 2 aromatic carbocycles. The molecule has 2 N–H and O–H groups in total. The summed E-state index contributed by atoms with van der Waals surface area (Å²) in [6.45, 7) is 0.448. The van der Waals surface area contributed by atoms with Gasteiger partial charge in [-0.1, -0.05) is 40.2 Å². The number of carbonyl (C=O) groups is 1. The average Bonchev–Trinajstić information content (AvgIpc) is 2.43. The highest BCUT2D eigenvalue weighted by Crippen LogP contribution is 2.20. The van der Waals surface area contributed by atoms with Crippen molar-refractivity contribution in [3.63, 3.8) is 0 Å². The third-order valence-corrected chi connectivity index (χ3v) is 3.64. The van der Waals surface area contributed by atoms with Gasteiger partial charge < -0.3 is 5.73 Å². The number of hydrogen-bond donors (Lipinski definition) is 1. The van der Waals surface area contributed by atoms with Crippen molar-refractivity contribution in [3.8, 4) is 0 Å². The van der Waals surface area contributed by atoms with Crippen LogP contribution < -0.4 is 5.73 Å². The van der Waals surface area contributed by atoms with Crippen LogP contribution in [0, 0.1) is 5.82 Å². The summed E-state index contributed by atoms with van der Waals surface area (Å²) in [6.07, 6.45) is 0.167. The molecule has 0 amide bonds. The highest BCUT2D eigenvalue weighted by Gasteiger charge is 2.10. The minimum atomic E-state index is -0.343. The van der Waals surface area contributed by atoms with Crippen LogP contribution in [0.5, 0.6) is 0 Å². The molecule has 0 unspecified atom stereocenters. The fourth-order valence-corrected chi connectivity index (χ4v) is 2.17. The lowest BCUT2D eigenvalue weighted by Crippen LogP contribution is -2.05. The monoisotopic (exact) mass is 321 g/mol. The maximum atomic E-state index is 13.2. The zero-order valence-electron chi connectivity index (χ0n) is 10.2. The zero-order valence-corrected chi connectivity index (χ0v) is 11.8. The topological polar surface area (TPSA) is 43.1 Å². The highest BCUT2D eigenvalue weighted by atomic mass is 79.9. The van der Waals surface area contributed by atoms with Crippen molar-refractivity contribution in [2.24, 2.45) is 5.73 Å². The van der Waals surface area contributed by atoms with Crippen LogP contribution in [0.1, 0.15) is 21.5 Å². The molecule has 0 bridgehead atoms. The fraction of sp³-hybridized carbons (Fsp3) is 0.133. The number of hydrogen-bond acceptors (Lipinski definition) is 2. The molecule has 98 valence electrons. The molecule has 0 aromatic heterocycles. The number of Topliss-reactive ketones (excluding diaryl/α,β-unsaturated/α-hetero) is 1. The first-order chi connectivity index (χ1) is 9.10. The maximum Gasteiger partial charge on any atom is 0.167 e. The molecular formula is C15H13BrFNO. The van der Waals surface area contributed by atoms with E-state index in [1.54, 1.807) is 18.2 Å². The van der Waals surface area contributed by atoms with Crippen LogP contribution in [-0.2, 0) is 13.0 Å². The van der Waals surface area contributed by atoms with Crippen LogP contribution >= 0.6 is 15.9 Å². The van der Waals surface area contributed by atoms with Gasteiger partial charge in [-0.2, -0.15) is 0 Å². The van der Waals surface area contributed by atoms with Crippen LogP contribution in [0.25, 0.3) is 0 Å². The van der Waals surface area contributed by atoms with Gasteiger partial charge >= 0.3 is 0 Å². The molecule has 0 saturated heterocycles.